The molecule has 0 fully saturated rings. The highest BCUT2D eigenvalue weighted by Gasteiger charge is 2.22. The summed E-state index contributed by atoms with van der Waals surface area (Å²) >= 11 is 5.45. The third-order valence-electron chi connectivity index (χ3n) is 5.57. The lowest BCUT2D eigenvalue weighted by Gasteiger charge is -2.15. The summed E-state index contributed by atoms with van der Waals surface area (Å²) in [4.78, 5) is 57.5. The molecule has 1 heterocycles. The highest BCUT2D eigenvalue weighted by molar-refractivity contribution is 7.80. The van der Waals surface area contributed by atoms with Crippen molar-refractivity contribution >= 4 is 54.0 Å². The molecule has 11 nitrogen and oxygen atoms in total. The number of carbonyl (C=O) groups excluding carboxylic acids is 5. The number of thiol groups is 1. The van der Waals surface area contributed by atoms with Gasteiger partial charge < -0.3 is 29.6 Å². The van der Waals surface area contributed by atoms with Gasteiger partial charge in [-0.1, -0.05) is 73.6 Å². The van der Waals surface area contributed by atoms with E-state index < -0.39 is 23.8 Å². The van der Waals surface area contributed by atoms with E-state index in [9.17, 15) is 19.2 Å². The average molecular weight is 710 g/mol. The Hall–Kier alpha value is -2.51. The third kappa shape index (κ3) is 43.5. The Kier molecular flexibility index (Phi) is 43.6. The molecule has 1 rings (SSSR count). The van der Waals surface area contributed by atoms with Gasteiger partial charge in [0.25, 0.3) is 5.91 Å². The van der Waals surface area contributed by atoms with Crippen LogP contribution in [0.3, 0.4) is 0 Å². The van der Waals surface area contributed by atoms with Crippen molar-refractivity contribution in [3.8, 4) is 0 Å². The summed E-state index contributed by atoms with van der Waals surface area (Å²) in [5.41, 5.74) is 0.320. The number of hydrogen-bond donors (Lipinski definition) is 3. The van der Waals surface area contributed by atoms with Gasteiger partial charge in [-0.15, -0.1) is 11.3 Å². The average Bonchev–Trinajstić information content (AvgIpc) is 3.52. The summed E-state index contributed by atoms with van der Waals surface area (Å²) in [6.45, 7) is 21.8. The van der Waals surface area contributed by atoms with Gasteiger partial charge in [0.15, 0.2) is 0 Å². The Bertz CT molecular complexity index is 904. The summed E-state index contributed by atoms with van der Waals surface area (Å²) in [7, 11) is 4.28. The zero-order valence-electron chi connectivity index (χ0n) is 31.7. The number of esters is 2. The molecule has 2 N–H and O–H groups in total. The van der Waals surface area contributed by atoms with Gasteiger partial charge in [0.2, 0.25) is 5.91 Å². The maximum Gasteiger partial charge on any atom is 0.325 e. The largest absolute Gasteiger partial charge is 0.469 e. The number of hydrogen-bond acceptors (Lipinski definition) is 11. The summed E-state index contributed by atoms with van der Waals surface area (Å²) in [6.07, 6.45) is 9.23. The van der Waals surface area contributed by atoms with Gasteiger partial charge >= 0.3 is 11.9 Å². The molecule has 2 unspecified atom stereocenters. The Morgan fingerprint density at radius 1 is 0.979 bits per heavy atom. The molecular formula is C34H67N3O8S2. The first-order valence-corrected chi connectivity index (χ1v) is 17.7. The van der Waals surface area contributed by atoms with Crippen LogP contribution >= 0.6 is 24.0 Å². The van der Waals surface area contributed by atoms with Crippen LogP contribution in [-0.2, 0) is 39.8 Å². The van der Waals surface area contributed by atoms with E-state index in [0.29, 0.717) is 0 Å². The van der Waals surface area contributed by atoms with Crippen LogP contribution in [-0.4, -0.2) is 80.3 Å². The normalized spacial score (nSPS) is 10.7. The summed E-state index contributed by atoms with van der Waals surface area (Å²) in [6, 6.07) is -0.850. The number of carbonyl (C=O) groups is 5. The van der Waals surface area contributed by atoms with Gasteiger partial charge in [0.05, 0.1) is 24.8 Å². The van der Waals surface area contributed by atoms with E-state index in [2.05, 4.69) is 72.3 Å². The second kappa shape index (κ2) is 37.9. The van der Waals surface area contributed by atoms with Crippen LogP contribution in [0.1, 0.15) is 130 Å². The molecule has 2 amide bonds. The summed E-state index contributed by atoms with van der Waals surface area (Å²) in [5, 5.41) is 7.45. The van der Waals surface area contributed by atoms with E-state index in [0.717, 1.165) is 30.1 Å². The van der Waals surface area contributed by atoms with Crippen molar-refractivity contribution < 1.29 is 38.2 Å². The molecule has 0 aromatic carbocycles. The molecule has 0 bridgehead atoms. The predicted octanol–water partition coefficient (Wildman–Crippen LogP) is 6.87. The van der Waals surface area contributed by atoms with Gasteiger partial charge in [-0.05, 0) is 46.5 Å². The minimum Gasteiger partial charge on any atom is -0.469 e. The zero-order chi connectivity index (χ0) is 37.8. The van der Waals surface area contributed by atoms with E-state index in [1.807, 2.05) is 27.7 Å². The topological polar surface area (TPSA) is 150 Å². The molecule has 278 valence electrons. The number of nitrogens with one attached hydrogen (secondary N) is 2. The minimum absolute atomic E-state index is 0.0417. The van der Waals surface area contributed by atoms with Crippen LogP contribution in [0.4, 0.5) is 0 Å². The van der Waals surface area contributed by atoms with Crippen molar-refractivity contribution in [3.63, 3.8) is 0 Å². The molecule has 13 heteroatoms. The molecule has 0 saturated heterocycles. The molecule has 47 heavy (non-hydrogen) atoms. The fourth-order valence-electron chi connectivity index (χ4n) is 2.22. The molecule has 0 aliphatic rings. The third-order valence-corrected chi connectivity index (χ3v) is 6.84. The second-order valence-corrected chi connectivity index (χ2v) is 12.2. The Balaban J connectivity index is -0.000000191. The lowest BCUT2D eigenvalue weighted by molar-refractivity contribution is -0.141. The van der Waals surface area contributed by atoms with E-state index in [4.69, 9.17) is 9.53 Å². The van der Waals surface area contributed by atoms with Crippen molar-refractivity contribution in [2.24, 2.45) is 5.92 Å². The van der Waals surface area contributed by atoms with Crippen LogP contribution in [0.15, 0.2) is 5.38 Å². The van der Waals surface area contributed by atoms with Crippen molar-refractivity contribution in [2.45, 2.75) is 133 Å². The fourth-order valence-corrected chi connectivity index (χ4v) is 3.36. The quantitative estimate of drug-likeness (QED) is 0.120. The second-order valence-electron chi connectivity index (χ2n) is 10.9. The fraction of sp³-hybridized carbons (Fsp3) is 0.765. The van der Waals surface area contributed by atoms with E-state index in [1.54, 1.807) is 12.5 Å². The van der Waals surface area contributed by atoms with Crippen molar-refractivity contribution in [2.75, 3.05) is 33.6 Å². The molecule has 0 aliphatic carbocycles. The van der Waals surface area contributed by atoms with Crippen molar-refractivity contribution in [1.82, 2.24) is 15.6 Å². The summed E-state index contributed by atoms with van der Waals surface area (Å²) < 4.78 is 13.5. The first-order chi connectivity index (χ1) is 22.0. The van der Waals surface area contributed by atoms with Crippen molar-refractivity contribution in [1.29, 1.82) is 0 Å². The first-order valence-electron chi connectivity index (χ1n) is 16.2. The lowest BCUT2D eigenvalue weighted by atomic mass is 10.0. The molecular weight excluding hydrogens is 643 g/mol. The lowest BCUT2D eigenvalue weighted by Crippen LogP contribution is -2.49. The van der Waals surface area contributed by atoms with Gasteiger partial charge in [-0.2, -0.15) is 12.6 Å². The Labute approximate surface area is 295 Å². The van der Waals surface area contributed by atoms with Crippen LogP contribution in [0.5, 0.6) is 0 Å². The number of nitrogens with zero attached hydrogens (tertiary/aromatic N) is 1. The smallest absolute Gasteiger partial charge is 0.325 e. The molecule has 1 aromatic heterocycles. The van der Waals surface area contributed by atoms with Gasteiger partial charge in [0.1, 0.15) is 24.6 Å². The molecule has 1 aromatic rings. The molecule has 0 radical (unpaired) electrons. The van der Waals surface area contributed by atoms with Crippen LogP contribution in [0.2, 0.25) is 0 Å². The minimum atomic E-state index is -0.850. The maximum atomic E-state index is 12.1. The SMILES string of the molecule is CC=O.CCCC.CCCC(C)CC.CCCc1nc(C(=O)NC(CS)C(=O)NCC(=O)OC)cs1.COC(C)(C)C.COC(C)=O. The number of aryl methyl sites for hydroxylation is 1. The van der Waals surface area contributed by atoms with Crippen molar-refractivity contribution in [3.05, 3.63) is 16.1 Å². The van der Waals surface area contributed by atoms with Gasteiger partial charge in [-0.3, -0.25) is 19.2 Å². The van der Waals surface area contributed by atoms with E-state index in [-0.39, 0.29) is 29.6 Å². The zero-order valence-corrected chi connectivity index (χ0v) is 33.5. The Morgan fingerprint density at radius 3 is 1.77 bits per heavy atom. The highest BCUT2D eigenvalue weighted by atomic mass is 32.1. The number of aldehydes is 1. The summed E-state index contributed by atoms with van der Waals surface area (Å²) in [5.74, 6) is -0.704. The monoisotopic (exact) mass is 709 g/mol. The number of unbranched alkanes of at least 4 members (excludes halogenated alkanes) is 1. The predicted molar refractivity (Wildman–Crippen MR) is 197 cm³/mol. The van der Waals surface area contributed by atoms with Gasteiger partial charge in [-0.25, -0.2) is 4.98 Å². The molecule has 0 aliphatic heterocycles. The Morgan fingerprint density at radius 2 is 1.47 bits per heavy atom. The van der Waals surface area contributed by atoms with Gasteiger partial charge in [0, 0.05) is 25.2 Å². The number of rotatable bonds is 12. The van der Waals surface area contributed by atoms with Crippen LogP contribution < -0.4 is 10.6 Å². The number of ether oxygens (including phenoxy) is 3. The number of methoxy groups -OCH3 is 3. The molecule has 0 spiro atoms. The molecule has 0 saturated carbocycles. The van der Waals surface area contributed by atoms with Crippen LogP contribution in [0.25, 0.3) is 0 Å². The standard InChI is InChI=1S/C13H19N3O4S2.C7H16.C5H12O.C4H10.C3H6O2.C2H4O/c1-3-4-10-15-9(7-22-10)13(19)16-8(6-21)12(18)14-5-11(17)20-2;1-4-6-7(3)5-2;1-5(2,3)6-4;1-3-4-2;1-3(4)5-2;1-2-3/h7-8,21H,3-6H2,1-2H3,(H,14,18)(H,16,19);7H,4-6H2,1-3H3;1-4H3;3-4H2,1-2H3;1-2H3;2H,1H3. The number of amides is 2. The number of thiazole rings is 1. The van der Waals surface area contributed by atoms with Crippen LogP contribution in [0, 0.1) is 5.92 Å². The molecule has 2 atom stereocenters. The van der Waals surface area contributed by atoms with E-state index in [1.165, 1.54) is 71.5 Å². The number of aromatic nitrogens is 1. The highest BCUT2D eigenvalue weighted by Crippen LogP contribution is 2.12. The maximum absolute atomic E-state index is 12.1. The van der Waals surface area contributed by atoms with E-state index >= 15 is 0 Å². The first kappa shape index (κ1) is 54.0.